The first-order valence-corrected chi connectivity index (χ1v) is 9.45. The minimum Gasteiger partial charge on any atom is -0.455 e. The second-order valence-electron chi connectivity index (χ2n) is 5.37. The molecule has 1 aliphatic rings. The number of nitrogens with zero attached hydrogens (tertiary/aromatic N) is 4. The average molecular weight is 361 g/mol. The van der Waals surface area contributed by atoms with Gasteiger partial charge in [-0.1, -0.05) is 11.8 Å². The minimum absolute atomic E-state index is 0.0645. The van der Waals surface area contributed by atoms with Gasteiger partial charge < -0.3 is 9.32 Å². The van der Waals surface area contributed by atoms with Crippen LogP contribution in [0.5, 0.6) is 0 Å². The molecule has 1 unspecified atom stereocenters. The van der Waals surface area contributed by atoms with Gasteiger partial charge in [0.15, 0.2) is 10.9 Å². The molecule has 0 radical (unpaired) electrons. The normalized spacial score (nSPS) is 17.5. The fourth-order valence-electron chi connectivity index (χ4n) is 2.78. The summed E-state index contributed by atoms with van der Waals surface area (Å²) >= 11 is 3.07. The van der Waals surface area contributed by atoms with Gasteiger partial charge in [0.25, 0.3) is 5.91 Å². The summed E-state index contributed by atoms with van der Waals surface area (Å²) in [6.07, 6.45) is 5.19. The first kappa shape index (κ1) is 15.4. The number of aromatic amines is 1. The van der Waals surface area contributed by atoms with Crippen LogP contribution in [0.3, 0.4) is 0 Å². The molecule has 1 fully saturated rings. The van der Waals surface area contributed by atoms with Gasteiger partial charge in [-0.05, 0) is 25.0 Å². The molecule has 0 aliphatic carbocycles. The molecule has 3 aromatic heterocycles. The Balaban J connectivity index is 1.44. The maximum atomic E-state index is 12.8. The summed E-state index contributed by atoms with van der Waals surface area (Å²) in [6.45, 7) is 0.742. The number of carbonyl (C=O) groups is 1. The summed E-state index contributed by atoms with van der Waals surface area (Å²) < 4.78 is 5.73. The second-order valence-corrected chi connectivity index (χ2v) is 7.26. The highest BCUT2D eigenvalue weighted by atomic mass is 32.2. The van der Waals surface area contributed by atoms with E-state index in [9.17, 15) is 4.79 Å². The van der Waals surface area contributed by atoms with Crippen LogP contribution in [0.15, 0.2) is 39.6 Å². The molecule has 1 atom stereocenters. The second kappa shape index (κ2) is 6.78. The van der Waals surface area contributed by atoms with Gasteiger partial charge in [0, 0.05) is 18.1 Å². The number of thiazole rings is 1. The number of amides is 1. The third kappa shape index (κ3) is 3.09. The van der Waals surface area contributed by atoms with Crippen LogP contribution in [0.1, 0.15) is 40.2 Å². The highest BCUT2D eigenvalue weighted by molar-refractivity contribution is 7.98. The average Bonchev–Trinajstić information content (AvgIpc) is 3.41. The molecule has 7 nitrogen and oxygen atoms in total. The Labute approximate surface area is 146 Å². The van der Waals surface area contributed by atoms with E-state index in [2.05, 4.69) is 20.2 Å². The van der Waals surface area contributed by atoms with Crippen LogP contribution < -0.4 is 0 Å². The van der Waals surface area contributed by atoms with Crippen molar-refractivity contribution in [3.05, 3.63) is 46.6 Å². The Hall–Kier alpha value is -2.13. The molecule has 124 valence electrons. The molecule has 0 bridgehead atoms. The van der Waals surface area contributed by atoms with Crippen LogP contribution in [-0.4, -0.2) is 37.5 Å². The van der Waals surface area contributed by atoms with Crippen molar-refractivity contribution in [1.82, 2.24) is 25.1 Å². The monoisotopic (exact) mass is 361 g/mol. The molecule has 3 aromatic rings. The number of hydrogen-bond acceptors (Lipinski definition) is 7. The Morgan fingerprint density at radius 1 is 1.46 bits per heavy atom. The van der Waals surface area contributed by atoms with Crippen LogP contribution in [0, 0.1) is 0 Å². The first-order valence-electron chi connectivity index (χ1n) is 7.58. The fraction of sp³-hybridized carbons (Fsp3) is 0.333. The van der Waals surface area contributed by atoms with Gasteiger partial charge in [-0.2, -0.15) is 5.10 Å². The van der Waals surface area contributed by atoms with E-state index in [0.29, 0.717) is 11.5 Å². The molecule has 1 amide bonds. The van der Waals surface area contributed by atoms with Crippen LogP contribution in [0.4, 0.5) is 0 Å². The van der Waals surface area contributed by atoms with Crippen molar-refractivity contribution >= 4 is 29.0 Å². The highest BCUT2D eigenvalue weighted by Crippen LogP contribution is 2.34. The standard InChI is InChI=1S/C15H15N5O2S2/c21-14(20-6-1-2-11(20)13-16-5-7-23-13)12-4-3-10(22-12)8-24-15-17-9-18-19-15/h3-5,7,9,11H,1-2,6,8H2,(H,17,18,19). The zero-order valence-electron chi connectivity index (χ0n) is 12.7. The van der Waals surface area contributed by atoms with E-state index in [-0.39, 0.29) is 11.9 Å². The quantitative estimate of drug-likeness (QED) is 0.703. The highest BCUT2D eigenvalue weighted by Gasteiger charge is 2.33. The largest absolute Gasteiger partial charge is 0.455 e. The summed E-state index contributed by atoms with van der Waals surface area (Å²) in [5.74, 6) is 1.65. The predicted octanol–water partition coefficient (Wildman–Crippen LogP) is 3.12. The predicted molar refractivity (Wildman–Crippen MR) is 89.8 cm³/mol. The number of aromatic nitrogens is 4. The third-order valence-electron chi connectivity index (χ3n) is 3.87. The van der Waals surface area contributed by atoms with Gasteiger partial charge in [0.05, 0.1) is 11.8 Å². The van der Waals surface area contributed by atoms with Crippen LogP contribution in [-0.2, 0) is 5.75 Å². The molecule has 4 heterocycles. The lowest BCUT2D eigenvalue weighted by molar-refractivity contribution is 0.0701. The third-order valence-corrected chi connectivity index (χ3v) is 5.64. The maximum absolute atomic E-state index is 12.8. The van der Waals surface area contributed by atoms with Crippen molar-refractivity contribution in [1.29, 1.82) is 0 Å². The van der Waals surface area contributed by atoms with Crippen molar-refractivity contribution in [2.24, 2.45) is 0 Å². The van der Waals surface area contributed by atoms with Crippen LogP contribution in [0.25, 0.3) is 0 Å². The molecule has 9 heteroatoms. The molecule has 1 aliphatic heterocycles. The molecule has 24 heavy (non-hydrogen) atoms. The molecule has 1 N–H and O–H groups in total. The number of hydrogen-bond donors (Lipinski definition) is 1. The number of rotatable bonds is 5. The summed E-state index contributed by atoms with van der Waals surface area (Å²) in [6, 6.07) is 3.65. The van der Waals surface area contributed by atoms with Gasteiger partial charge in [0.2, 0.25) is 0 Å². The van der Waals surface area contributed by atoms with E-state index >= 15 is 0 Å². The van der Waals surface area contributed by atoms with E-state index in [1.165, 1.54) is 18.1 Å². The van der Waals surface area contributed by atoms with Gasteiger partial charge in [-0.15, -0.1) is 11.3 Å². The van der Waals surface area contributed by atoms with E-state index in [4.69, 9.17) is 4.42 Å². The minimum atomic E-state index is -0.0661. The van der Waals surface area contributed by atoms with Gasteiger partial charge in [-0.3, -0.25) is 9.89 Å². The van der Waals surface area contributed by atoms with Gasteiger partial charge in [-0.25, -0.2) is 9.97 Å². The molecular formula is C15H15N5O2S2. The Bertz CT molecular complexity index is 800. The molecule has 0 spiro atoms. The van der Waals surface area contributed by atoms with Crippen molar-refractivity contribution in [3.63, 3.8) is 0 Å². The Morgan fingerprint density at radius 2 is 2.42 bits per heavy atom. The zero-order chi connectivity index (χ0) is 16.4. The van der Waals surface area contributed by atoms with Crippen molar-refractivity contribution < 1.29 is 9.21 Å². The number of nitrogens with one attached hydrogen (secondary N) is 1. The van der Waals surface area contributed by atoms with E-state index in [0.717, 1.165) is 35.3 Å². The first-order chi connectivity index (χ1) is 11.8. The lowest BCUT2D eigenvalue weighted by Crippen LogP contribution is -2.30. The van der Waals surface area contributed by atoms with Gasteiger partial charge in [0.1, 0.15) is 17.1 Å². The number of furan rings is 1. The van der Waals surface area contributed by atoms with E-state index < -0.39 is 0 Å². The van der Waals surface area contributed by atoms with Crippen molar-refractivity contribution in [2.45, 2.75) is 29.8 Å². The molecular weight excluding hydrogens is 346 g/mol. The number of H-pyrrole nitrogens is 1. The van der Waals surface area contributed by atoms with Crippen LogP contribution >= 0.6 is 23.1 Å². The lowest BCUT2D eigenvalue weighted by atomic mass is 10.2. The van der Waals surface area contributed by atoms with Gasteiger partial charge >= 0.3 is 0 Å². The van der Waals surface area contributed by atoms with Crippen LogP contribution in [0.2, 0.25) is 0 Å². The number of carbonyl (C=O) groups excluding carboxylic acids is 1. The molecule has 0 saturated carbocycles. The smallest absolute Gasteiger partial charge is 0.290 e. The summed E-state index contributed by atoms with van der Waals surface area (Å²) in [4.78, 5) is 23.0. The SMILES string of the molecule is O=C(c1ccc(CSc2ncn[nH]2)o1)N1CCCC1c1nccs1. The molecule has 1 saturated heterocycles. The molecule has 0 aromatic carbocycles. The Morgan fingerprint density at radius 3 is 3.21 bits per heavy atom. The van der Waals surface area contributed by atoms with E-state index in [1.807, 2.05) is 16.3 Å². The molecule has 4 rings (SSSR count). The fourth-order valence-corrected chi connectivity index (χ4v) is 4.24. The van der Waals surface area contributed by atoms with Crippen molar-refractivity contribution in [3.8, 4) is 0 Å². The zero-order valence-corrected chi connectivity index (χ0v) is 14.3. The Kier molecular flexibility index (Phi) is 4.35. The topological polar surface area (TPSA) is 87.9 Å². The number of thioether (sulfide) groups is 1. The van der Waals surface area contributed by atoms with E-state index in [1.54, 1.807) is 23.6 Å². The maximum Gasteiger partial charge on any atom is 0.290 e. The van der Waals surface area contributed by atoms with Crippen molar-refractivity contribution in [2.75, 3.05) is 6.54 Å². The summed E-state index contributed by atoms with van der Waals surface area (Å²) in [7, 11) is 0. The summed E-state index contributed by atoms with van der Waals surface area (Å²) in [5, 5.41) is 10.2. The lowest BCUT2D eigenvalue weighted by Gasteiger charge is -2.21. The number of likely N-dealkylation sites (tertiary alicyclic amines) is 1. The summed E-state index contributed by atoms with van der Waals surface area (Å²) in [5.41, 5.74) is 0.